The Labute approximate surface area is 189 Å². The molecule has 2 aromatic carbocycles. The van der Waals surface area contributed by atoms with Gasteiger partial charge in [0.2, 0.25) is 11.8 Å². The maximum absolute atomic E-state index is 12.7. The van der Waals surface area contributed by atoms with Gasteiger partial charge in [-0.1, -0.05) is 60.7 Å². The average molecular weight is 440 g/mol. The fourth-order valence-corrected chi connectivity index (χ4v) is 4.14. The van der Waals surface area contributed by atoms with Crippen LogP contribution in [0.5, 0.6) is 0 Å². The van der Waals surface area contributed by atoms with E-state index in [0.29, 0.717) is 25.6 Å². The van der Waals surface area contributed by atoms with E-state index in [1.165, 1.54) is 18.1 Å². The molecule has 0 bridgehead atoms. The molecule has 7 nitrogen and oxygen atoms in total. The van der Waals surface area contributed by atoms with Gasteiger partial charge in [0.15, 0.2) is 0 Å². The summed E-state index contributed by atoms with van der Waals surface area (Å²) >= 11 is 0. The largest absolute Gasteiger partial charge is 0.483 e. The first-order chi connectivity index (χ1) is 15.5. The summed E-state index contributed by atoms with van der Waals surface area (Å²) in [5.41, 5.74) is 2.40. The molecular weight excluding hydrogens is 406 g/mol. The molecule has 0 spiro atoms. The minimum atomic E-state index is -0.250. The van der Waals surface area contributed by atoms with Crippen LogP contribution in [0.25, 0.3) is 0 Å². The van der Waals surface area contributed by atoms with Gasteiger partial charge in [0.25, 0.3) is 6.47 Å². The second-order valence-corrected chi connectivity index (χ2v) is 7.98. The first-order valence-electron chi connectivity index (χ1n) is 10.9. The molecule has 1 fully saturated rings. The smallest absolute Gasteiger partial charge is 0.290 e. The van der Waals surface area contributed by atoms with Crippen LogP contribution in [0.2, 0.25) is 0 Å². The lowest BCUT2D eigenvalue weighted by Gasteiger charge is -2.26. The Hall–Kier alpha value is -3.19. The van der Waals surface area contributed by atoms with E-state index in [-0.39, 0.29) is 30.2 Å². The summed E-state index contributed by atoms with van der Waals surface area (Å²) in [4.78, 5) is 34.4. The van der Waals surface area contributed by atoms with Crippen LogP contribution in [0.15, 0.2) is 60.7 Å². The average Bonchev–Trinajstić information content (AvgIpc) is 3.13. The van der Waals surface area contributed by atoms with E-state index in [9.17, 15) is 9.59 Å². The van der Waals surface area contributed by atoms with Crippen molar-refractivity contribution in [3.05, 3.63) is 71.8 Å². The zero-order valence-electron chi connectivity index (χ0n) is 18.7. The molecule has 0 saturated carbocycles. The second-order valence-electron chi connectivity index (χ2n) is 7.98. The number of nitrogens with zero attached hydrogens (tertiary/aromatic N) is 1. The SMILES string of the molecule is CC(=O)NC[C@H]1CC[C@@H](CC(=O)NCC(c2ccccc2)c2ccccc2)N1C.O=CO. The molecule has 2 atom stereocenters. The molecule has 0 aromatic heterocycles. The van der Waals surface area contributed by atoms with Crippen LogP contribution in [-0.2, 0) is 14.4 Å². The van der Waals surface area contributed by atoms with E-state index in [1.54, 1.807) is 0 Å². The van der Waals surface area contributed by atoms with Crippen LogP contribution < -0.4 is 10.6 Å². The predicted octanol–water partition coefficient (Wildman–Crippen LogP) is 2.62. The third-order valence-electron chi connectivity index (χ3n) is 5.90. The van der Waals surface area contributed by atoms with Crippen LogP contribution >= 0.6 is 0 Å². The third kappa shape index (κ3) is 7.81. The number of benzene rings is 2. The van der Waals surface area contributed by atoms with Gasteiger partial charge in [-0.2, -0.15) is 0 Å². The highest BCUT2D eigenvalue weighted by molar-refractivity contribution is 5.76. The van der Waals surface area contributed by atoms with Crippen molar-refractivity contribution >= 4 is 18.3 Å². The van der Waals surface area contributed by atoms with E-state index < -0.39 is 0 Å². The molecule has 3 N–H and O–H groups in total. The summed E-state index contributed by atoms with van der Waals surface area (Å²) in [5, 5.41) is 12.9. The van der Waals surface area contributed by atoms with Gasteiger partial charge >= 0.3 is 0 Å². The van der Waals surface area contributed by atoms with Crippen molar-refractivity contribution in [1.29, 1.82) is 0 Å². The minimum absolute atomic E-state index is 0.00698. The molecular formula is C25H33N3O4. The van der Waals surface area contributed by atoms with Crippen LogP contribution in [0, 0.1) is 0 Å². The van der Waals surface area contributed by atoms with Crippen molar-refractivity contribution in [3.63, 3.8) is 0 Å². The molecule has 0 aliphatic carbocycles. The number of carbonyl (C=O) groups is 3. The van der Waals surface area contributed by atoms with Crippen molar-refractivity contribution in [3.8, 4) is 0 Å². The molecule has 0 radical (unpaired) electrons. The molecule has 7 heteroatoms. The molecule has 1 heterocycles. The van der Waals surface area contributed by atoms with E-state index in [4.69, 9.17) is 9.90 Å². The minimum Gasteiger partial charge on any atom is -0.483 e. The lowest BCUT2D eigenvalue weighted by atomic mass is 9.91. The second kappa shape index (κ2) is 13.3. The summed E-state index contributed by atoms with van der Waals surface area (Å²) in [6.45, 7) is 2.52. The molecule has 2 aromatic rings. The maximum Gasteiger partial charge on any atom is 0.290 e. The summed E-state index contributed by atoms with van der Waals surface area (Å²) in [5.74, 6) is 0.210. The number of likely N-dealkylation sites (tertiary alicyclic amines) is 1. The lowest BCUT2D eigenvalue weighted by molar-refractivity contribution is -0.123. The highest BCUT2D eigenvalue weighted by atomic mass is 16.3. The van der Waals surface area contributed by atoms with Gasteiger partial charge in [0.1, 0.15) is 0 Å². The number of carboxylic acid groups (broad SMARTS) is 1. The number of hydrogen-bond acceptors (Lipinski definition) is 4. The van der Waals surface area contributed by atoms with Gasteiger partial charge in [0, 0.05) is 44.4 Å². The van der Waals surface area contributed by atoms with Crippen molar-refractivity contribution in [2.45, 2.75) is 44.2 Å². The Kier molecular flexibility index (Phi) is 10.4. The van der Waals surface area contributed by atoms with E-state index >= 15 is 0 Å². The van der Waals surface area contributed by atoms with E-state index in [0.717, 1.165) is 12.8 Å². The van der Waals surface area contributed by atoms with Crippen molar-refractivity contribution < 1.29 is 19.5 Å². The zero-order chi connectivity index (χ0) is 23.3. The first-order valence-corrected chi connectivity index (χ1v) is 10.9. The highest BCUT2D eigenvalue weighted by Gasteiger charge is 2.31. The predicted molar refractivity (Wildman–Crippen MR) is 124 cm³/mol. The lowest BCUT2D eigenvalue weighted by Crippen LogP contribution is -2.42. The maximum atomic E-state index is 12.7. The number of carbonyl (C=O) groups excluding carboxylic acids is 2. The van der Waals surface area contributed by atoms with Gasteiger partial charge in [-0.05, 0) is 31.0 Å². The van der Waals surface area contributed by atoms with Crippen LogP contribution in [-0.4, -0.2) is 60.5 Å². The van der Waals surface area contributed by atoms with Crippen LogP contribution in [0.4, 0.5) is 0 Å². The van der Waals surface area contributed by atoms with Gasteiger partial charge in [0.05, 0.1) is 0 Å². The van der Waals surface area contributed by atoms with Crippen LogP contribution in [0.3, 0.4) is 0 Å². The van der Waals surface area contributed by atoms with Gasteiger partial charge in [-0.15, -0.1) is 0 Å². The monoisotopic (exact) mass is 439 g/mol. The summed E-state index contributed by atoms with van der Waals surface area (Å²) in [6, 6.07) is 21.1. The van der Waals surface area contributed by atoms with Crippen molar-refractivity contribution in [2.75, 3.05) is 20.1 Å². The summed E-state index contributed by atoms with van der Waals surface area (Å²) in [6.07, 6.45) is 2.48. The Morgan fingerprint density at radius 1 is 1.00 bits per heavy atom. The van der Waals surface area contributed by atoms with Crippen molar-refractivity contribution in [2.24, 2.45) is 0 Å². The van der Waals surface area contributed by atoms with Crippen LogP contribution in [0.1, 0.15) is 43.2 Å². The number of nitrogens with one attached hydrogen (secondary N) is 2. The highest BCUT2D eigenvalue weighted by Crippen LogP contribution is 2.25. The molecule has 32 heavy (non-hydrogen) atoms. The number of amides is 2. The quantitative estimate of drug-likeness (QED) is 0.549. The van der Waals surface area contributed by atoms with Crippen molar-refractivity contribution in [1.82, 2.24) is 15.5 Å². The van der Waals surface area contributed by atoms with E-state index in [2.05, 4.69) is 39.8 Å². The fraction of sp³-hybridized carbons (Fsp3) is 0.400. The third-order valence-corrected chi connectivity index (χ3v) is 5.90. The van der Waals surface area contributed by atoms with Gasteiger partial charge < -0.3 is 15.7 Å². The number of likely N-dealkylation sites (N-methyl/N-ethyl adjacent to an activating group) is 1. The van der Waals surface area contributed by atoms with Gasteiger partial charge in [-0.3, -0.25) is 19.3 Å². The van der Waals surface area contributed by atoms with Gasteiger partial charge in [-0.25, -0.2) is 0 Å². The molecule has 1 aliphatic heterocycles. The first kappa shape index (κ1) is 25.1. The molecule has 2 amide bonds. The zero-order valence-corrected chi connectivity index (χ0v) is 18.7. The Bertz CT molecular complexity index is 805. The number of hydrogen-bond donors (Lipinski definition) is 3. The Morgan fingerprint density at radius 3 is 2.00 bits per heavy atom. The molecule has 1 aliphatic rings. The van der Waals surface area contributed by atoms with E-state index in [1.807, 2.05) is 43.4 Å². The summed E-state index contributed by atoms with van der Waals surface area (Å²) < 4.78 is 0. The Balaban J connectivity index is 0.00000114. The molecule has 0 unspecified atom stereocenters. The molecule has 1 saturated heterocycles. The summed E-state index contributed by atoms with van der Waals surface area (Å²) in [7, 11) is 2.05. The number of rotatable bonds is 8. The Morgan fingerprint density at radius 2 is 1.50 bits per heavy atom. The normalized spacial score (nSPS) is 17.8. The topological polar surface area (TPSA) is 98.7 Å². The fourth-order valence-electron chi connectivity index (χ4n) is 4.14. The molecule has 172 valence electrons. The molecule has 3 rings (SSSR count). The standard InChI is InChI=1S/C24H31N3O2.CH2O2/c1-18(28)25-16-22-14-13-21(27(22)2)15-24(29)26-17-23(19-9-5-3-6-10-19)20-11-7-4-8-12-20;2-1-3/h3-12,21-23H,13-17H2,1-2H3,(H,25,28)(H,26,29);1H,(H,2,3)/t21-,22+;/m0./s1.